The van der Waals surface area contributed by atoms with Crippen molar-refractivity contribution in [3.8, 4) is 5.69 Å². The van der Waals surface area contributed by atoms with Crippen molar-refractivity contribution in [3.05, 3.63) is 66.3 Å². The molecule has 4 rings (SSSR count). The summed E-state index contributed by atoms with van der Waals surface area (Å²) in [6, 6.07) is 9.78. The Hall–Kier alpha value is -2.71. The first kappa shape index (κ1) is 16.7. The molecule has 1 aromatic carbocycles. The molecule has 0 saturated carbocycles. The van der Waals surface area contributed by atoms with E-state index in [1.807, 2.05) is 46.5 Å². The summed E-state index contributed by atoms with van der Waals surface area (Å²) in [5.74, 6) is -0.0505. The molecule has 0 aliphatic heterocycles. The monoisotopic (exact) mass is 382 g/mol. The molecule has 3 aromatic heterocycles. The Bertz CT molecular complexity index is 1010. The highest BCUT2D eigenvalue weighted by Crippen LogP contribution is 2.27. The quantitative estimate of drug-likeness (QED) is 0.288. The zero-order valence-corrected chi connectivity index (χ0v) is 15.2. The maximum absolute atomic E-state index is 12.0. The molecule has 0 amide bonds. The van der Waals surface area contributed by atoms with Crippen LogP contribution in [-0.2, 0) is 16.1 Å². The van der Waals surface area contributed by atoms with E-state index in [4.69, 9.17) is 4.74 Å². The number of rotatable bonds is 6. The van der Waals surface area contributed by atoms with Gasteiger partial charge in [-0.1, -0.05) is 23.9 Å². The minimum Gasteiger partial charge on any atom is -0.460 e. The lowest BCUT2D eigenvalue weighted by Crippen LogP contribution is -2.07. The minimum absolute atomic E-state index is 0.217. The van der Waals surface area contributed by atoms with E-state index < -0.39 is 0 Å². The van der Waals surface area contributed by atoms with Crippen LogP contribution in [0.25, 0.3) is 15.9 Å². The van der Waals surface area contributed by atoms with E-state index in [2.05, 4.69) is 15.0 Å². The molecule has 130 valence electrons. The van der Waals surface area contributed by atoms with Gasteiger partial charge in [0, 0.05) is 23.5 Å². The lowest BCUT2D eigenvalue weighted by molar-refractivity contribution is -0.141. The Kier molecular flexibility index (Phi) is 4.94. The predicted molar refractivity (Wildman–Crippen MR) is 101 cm³/mol. The number of hydrogen-bond donors (Lipinski definition) is 0. The van der Waals surface area contributed by atoms with Gasteiger partial charge in [0.15, 0.2) is 0 Å². The van der Waals surface area contributed by atoms with Gasteiger partial charge in [0.25, 0.3) is 0 Å². The molecule has 0 N–H and O–H groups in total. The molecule has 0 fully saturated rings. The Morgan fingerprint density at radius 3 is 2.88 bits per heavy atom. The fourth-order valence-corrected chi connectivity index (χ4v) is 3.97. The van der Waals surface area contributed by atoms with E-state index in [9.17, 15) is 4.79 Å². The predicted octanol–water partition coefficient (Wildman–Crippen LogP) is 3.71. The number of thiophene rings is 1. The smallest absolute Gasteiger partial charge is 0.316 e. The molecule has 0 unspecified atom stereocenters. The highest BCUT2D eigenvalue weighted by Gasteiger charge is 2.10. The number of aromatic nitrogens is 4. The van der Waals surface area contributed by atoms with Crippen molar-refractivity contribution >= 4 is 39.3 Å². The van der Waals surface area contributed by atoms with E-state index >= 15 is 0 Å². The molecule has 26 heavy (non-hydrogen) atoms. The number of hydrogen-bond acceptors (Lipinski definition) is 7. The number of fused-ring (bicyclic) bond motifs is 1. The zero-order chi connectivity index (χ0) is 17.8. The summed E-state index contributed by atoms with van der Waals surface area (Å²) in [5, 5.41) is 3.75. The van der Waals surface area contributed by atoms with Crippen LogP contribution in [0.4, 0.5) is 0 Å². The molecule has 0 aliphatic rings. The van der Waals surface area contributed by atoms with E-state index in [1.54, 1.807) is 23.9 Å². The lowest BCUT2D eigenvalue weighted by atomic mass is 10.2. The topological polar surface area (TPSA) is 69.9 Å². The highest BCUT2D eigenvalue weighted by atomic mass is 32.2. The van der Waals surface area contributed by atoms with Gasteiger partial charge in [-0.3, -0.25) is 4.79 Å². The maximum atomic E-state index is 12.0. The lowest BCUT2D eigenvalue weighted by Gasteiger charge is -2.07. The van der Waals surface area contributed by atoms with Gasteiger partial charge >= 0.3 is 5.97 Å². The van der Waals surface area contributed by atoms with Crippen LogP contribution >= 0.6 is 23.1 Å². The Morgan fingerprint density at radius 1 is 1.19 bits per heavy atom. The summed E-state index contributed by atoms with van der Waals surface area (Å²) in [5.41, 5.74) is 1.95. The van der Waals surface area contributed by atoms with Gasteiger partial charge in [0.05, 0.1) is 12.1 Å². The van der Waals surface area contributed by atoms with Gasteiger partial charge in [-0.25, -0.2) is 15.0 Å². The van der Waals surface area contributed by atoms with E-state index in [-0.39, 0.29) is 18.3 Å². The molecule has 4 aromatic rings. The van der Waals surface area contributed by atoms with Crippen molar-refractivity contribution in [2.75, 3.05) is 5.75 Å². The maximum Gasteiger partial charge on any atom is 0.316 e. The van der Waals surface area contributed by atoms with Crippen molar-refractivity contribution in [2.45, 2.75) is 11.6 Å². The van der Waals surface area contributed by atoms with Crippen LogP contribution in [0.5, 0.6) is 0 Å². The number of carbonyl (C=O) groups excluding carboxylic acids is 1. The summed E-state index contributed by atoms with van der Waals surface area (Å²) in [6.07, 6.45) is 6.87. The first-order valence-corrected chi connectivity index (χ1v) is 9.70. The van der Waals surface area contributed by atoms with Crippen LogP contribution in [0.15, 0.2) is 65.8 Å². The van der Waals surface area contributed by atoms with Gasteiger partial charge in [-0.15, -0.1) is 11.3 Å². The largest absolute Gasteiger partial charge is 0.460 e. The number of ether oxygens (including phenoxy) is 1. The molecule has 0 spiro atoms. The van der Waals surface area contributed by atoms with Crippen molar-refractivity contribution in [1.82, 2.24) is 19.5 Å². The van der Waals surface area contributed by atoms with Gasteiger partial charge in [0.1, 0.15) is 22.8 Å². The van der Waals surface area contributed by atoms with Crippen LogP contribution in [0.3, 0.4) is 0 Å². The second-order valence-corrected chi connectivity index (χ2v) is 7.26. The number of thioether (sulfide) groups is 1. The van der Waals surface area contributed by atoms with Gasteiger partial charge in [-0.2, -0.15) is 0 Å². The standard InChI is InChI=1S/C18H14N4O2S2/c23-16(10-26-18-15-5-8-25-17(15)20-11-21-18)24-9-13-1-3-14(4-2-13)22-7-6-19-12-22/h1-8,11-12H,9-10H2. The van der Waals surface area contributed by atoms with Crippen molar-refractivity contribution in [1.29, 1.82) is 0 Å². The molecule has 0 bridgehead atoms. The number of carbonyl (C=O) groups is 1. The van der Waals surface area contributed by atoms with Crippen LogP contribution < -0.4 is 0 Å². The second kappa shape index (κ2) is 7.67. The average Bonchev–Trinajstić information content (AvgIpc) is 3.36. The van der Waals surface area contributed by atoms with Gasteiger partial charge in [-0.05, 0) is 29.1 Å². The molecule has 6 nitrogen and oxygen atoms in total. The molecular formula is C18H14N4O2S2. The third-order valence-corrected chi connectivity index (χ3v) is 5.49. The first-order chi connectivity index (χ1) is 12.8. The van der Waals surface area contributed by atoms with Crippen LogP contribution in [0.2, 0.25) is 0 Å². The minimum atomic E-state index is -0.268. The van der Waals surface area contributed by atoms with Crippen LogP contribution in [0.1, 0.15) is 5.56 Å². The van der Waals surface area contributed by atoms with Crippen LogP contribution in [-0.4, -0.2) is 31.2 Å². The van der Waals surface area contributed by atoms with E-state index in [1.165, 1.54) is 18.1 Å². The molecule has 3 heterocycles. The number of nitrogens with zero attached hydrogens (tertiary/aromatic N) is 4. The fraction of sp³-hybridized carbons (Fsp3) is 0.111. The summed E-state index contributed by atoms with van der Waals surface area (Å²) >= 11 is 2.93. The third kappa shape index (κ3) is 3.76. The van der Waals surface area contributed by atoms with Crippen LogP contribution in [0, 0.1) is 0 Å². The van der Waals surface area contributed by atoms with Crippen molar-refractivity contribution in [2.24, 2.45) is 0 Å². The Balaban J connectivity index is 1.30. The Labute approximate surface area is 157 Å². The molecule has 0 aliphatic carbocycles. The van der Waals surface area contributed by atoms with Crippen molar-refractivity contribution < 1.29 is 9.53 Å². The number of benzene rings is 1. The molecule has 0 radical (unpaired) electrons. The Morgan fingerprint density at radius 2 is 2.08 bits per heavy atom. The molecule has 0 saturated heterocycles. The van der Waals surface area contributed by atoms with Gasteiger partial charge < -0.3 is 9.30 Å². The third-order valence-electron chi connectivity index (χ3n) is 3.69. The highest BCUT2D eigenvalue weighted by molar-refractivity contribution is 8.00. The number of esters is 1. The van der Waals surface area contributed by atoms with Gasteiger partial charge in [0.2, 0.25) is 0 Å². The molecule has 0 atom stereocenters. The summed E-state index contributed by atoms with van der Waals surface area (Å²) in [6.45, 7) is 0.251. The normalized spacial score (nSPS) is 10.9. The zero-order valence-electron chi connectivity index (χ0n) is 13.6. The SMILES string of the molecule is O=C(CSc1ncnc2sccc12)OCc1ccc(-n2ccnc2)cc1. The molecular weight excluding hydrogens is 368 g/mol. The average molecular weight is 382 g/mol. The fourth-order valence-electron chi connectivity index (χ4n) is 2.39. The van der Waals surface area contributed by atoms with E-state index in [0.29, 0.717) is 0 Å². The molecule has 8 heteroatoms. The number of imidazole rings is 1. The summed E-state index contributed by atoms with van der Waals surface area (Å²) in [7, 11) is 0. The van der Waals surface area contributed by atoms with E-state index in [0.717, 1.165) is 26.5 Å². The van der Waals surface area contributed by atoms with Crippen molar-refractivity contribution in [3.63, 3.8) is 0 Å². The first-order valence-electron chi connectivity index (χ1n) is 7.83. The summed E-state index contributed by atoms with van der Waals surface area (Å²) < 4.78 is 7.27. The summed E-state index contributed by atoms with van der Waals surface area (Å²) in [4.78, 5) is 25.4. The second-order valence-electron chi connectivity index (χ2n) is 5.40.